The molecule has 186 valence electrons. The third-order valence-electron chi connectivity index (χ3n) is 7.50. The molecule has 2 aliphatic rings. The summed E-state index contributed by atoms with van der Waals surface area (Å²) in [6, 6.07) is 14.8. The van der Waals surface area contributed by atoms with E-state index in [-0.39, 0.29) is 17.7 Å². The quantitative estimate of drug-likeness (QED) is 0.536. The van der Waals surface area contributed by atoms with E-state index >= 15 is 0 Å². The maximum Gasteiger partial charge on any atom is 0.322 e. The first-order chi connectivity index (χ1) is 17.3. The molecule has 5 rings (SSSR count). The van der Waals surface area contributed by atoms with Gasteiger partial charge in [-0.15, -0.1) is 0 Å². The molecule has 3 aromatic rings. The van der Waals surface area contributed by atoms with Crippen molar-refractivity contribution in [2.45, 2.75) is 45.1 Å². The molecule has 3 heterocycles. The number of carbonyl (C=O) groups is 3. The van der Waals surface area contributed by atoms with Gasteiger partial charge in [0.25, 0.3) is 11.8 Å². The molecule has 1 atom stereocenters. The van der Waals surface area contributed by atoms with Gasteiger partial charge in [-0.3, -0.25) is 14.9 Å². The van der Waals surface area contributed by atoms with Gasteiger partial charge in [0.1, 0.15) is 5.54 Å². The number of amides is 4. The second kappa shape index (κ2) is 9.26. The summed E-state index contributed by atoms with van der Waals surface area (Å²) in [5.74, 6) is -0.172. The van der Waals surface area contributed by atoms with Crippen LogP contribution in [0.2, 0.25) is 0 Å². The number of aromatic nitrogens is 2. The minimum absolute atomic E-state index is 0.0196. The molecule has 2 fully saturated rings. The number of hydrogen-bond donors (Lipinski definition) is 2. The van der Waals surface area contributed by atoms with Gasteiger partial charge in [0.15, 0.2) is 0 Å². The smallest absolute Gasteiger partial charge is 0.322 e. The SMILES string of the molecule is Cc1ccc(-n2cc(C3CCN(C(=O)c4ccc(C5(C(C)C)NC(=O)NC5=O)cc4)CC3)cn2)cc1. The average Bonchev–Trinajstić information content (AvgIpc) is 3.49. The molecule has 0 bridgehead atoms. The normalized spacial score (nSPS) is 20.5. The molecule has 2 aliphatic heterocycles. The highest BCUT2D eigenvalue weighted by atomic mass is 16.2. The molecule has 2 saturated heterocycles. The van der Waals surface area contributed by atoms with Crippen LogP contribution in [0, 0.1) is 12.8 Å². The second-order valence-electron chi connectivity index (χ2n) is 10.1. The lowest BCUT2D eigenvalue weighted by Gasteiger charge is -2.32. The number of benzene rings is 2. The summed E-state index contributed by atoms with van der Waals surface area (Å²) in [6.07, 6.45) is 5.79. The van der Waals surface area contributed by atoms with E-state index in [1.807, 2.05) is 29.6 Å². The van der Waals surface area contributed by atoms with Crippen molar-refractivity contribution in [2.24, 2.45) is 5.92 Å². The number of nitrogens with zero attached hydrogens (tertiary/aromatic N) is 3. The first-order valence-electron chi connectivity index (χ1n) is 12.4. The largest absolute Gasteiger partial charge is 0.339 e. The van der Waals surface area contributed by atoms with Gasteiger partial charge in [0, 0.05) is 24.8 Å². The summed E-state index contributed by atoms with van der Waals surface area (Å²) in [5.41, 5.74) is 3.57. The Balaban J connectivity index is 1.24. The van der Waals surface area contributed by atoms with E-state index in [4.69, 9.17) is 0 Å². The predicted molar refractivity (Wildman–Crippen MR) is 136 cm³/mol. The monoisotopic (exact) mass is 485 g/mol. The molecule has 0 radical (unpaired) electrons. The molecular weight excluding hydrogens is 454 g/mol. The zero-order chi connectivity index (χ0) is 25.4. The molecule has 2 N–H and O–H groups in total. The molecule has 0 saturated carbocycles. The fourth-order valence-corrected chi connectivity index (χ4v) is 5.27. The van der Waals surface area contributed by atoms with Crippen LogP contribution >= 0.6 is 0 Å². The fraction of sp³-hybridized carbons (Fsp3) is 0.357. The lowest BCUT2D eigenvalue weighted by molar-refractivity contribution is -0.125. The fourth-order valence-electron chi connectivity index (χ4n) is 5.27. The van der Waals surface area contributed by atoms with Crippen molar-refractivity contribution in [3.05, 3.63) is 83.2 Å². The Bertz CT molecular complexity index is 1290. The van der Waals surface area contributed by atoms with Crippen molar-refractivity contribution in [3.63, 3.8) is 0 Å². The van der Waals surface area contributed by atoms with E-state index in [0.717, 1.165) is 18.5 Å². The number of hydrogen-bond acceptors (Lipinski definition) is 4. The van der Waals surface area contributed by atoms with Gasteiger partial charge >= 0.3 is 6.03 Å². The van der Waals surface area contributed by atoms with E-state index in [9.17, 15) is 14.4 Å². The van der Waals surface area contributed by atoms with Gasteiger partial charge in [0.05, 0.1) is 11.9 Å². The number of carbonyl (C=O) groups excluding carboxylic acids is 3. The molecule has 4 amide bonds. The Morgan fingerprint density at radius 3 is 2.28 bits per heavy atom. The highest BCUT2D eigenvalue weighted by Gasteiger charge is 2.50. The molecule has 1 aromatic heterocycles. The topological polar surface area (TPSA) is 96.3 Å². The molecule has 8 heteroatoms. The third kappa shape index (κ3) is 4.17. The summed E-state index contributed by atoms with van der Waals surface area (Å²) in [6.45, 7) is 7.19. The van der Waals surface area contributed by atoms with Crippen molar-refractivity contribution in [1.82, 2.24) is 25.3 Å². The summed E-state index contributed by atoms with van der Waals surface area (Å²) >= 11 is 0. The van der Waals surface area contributed by atoms with Crippen LogP contribution in [0.15, 0.2) is 60.9 Å². The van der Waals surface area contributed by atoms with E-state index < -0.39 is 11.6 Å². The zero-order valence-electron chi connectivity index (χ0n) is 20.8. The lowest BCUT2D eigenvalue weighted by atomic mass is 9.79. The van der Waals surface area contributed by atoms with Crippen LogP contribution < -0.4 is 10.6 Å². The number of urea groups is 1. The first-order valence-corrected chi connectivity index (χ1v) is 12.4. The van der Waals surface area contributed by atoms with Gasteiger partial charge in [-0.25, -0.2) is 9.48 Å². The molecule has 0 spiro atoms. The van der Waals surface area contributed by atoms with E-state index in [1.165, 1.54) is 11.1 Å². The number of aryl methyl sites for hydroxylation is 1. The third-order valence-corrected chi connectivity index (χ3v) is 7.50. The van der Waals surface area contributed by atoms with Crippen LogP contribution in [0.5, 0.6) is 0 Å². The summed E-state index contributed by atoms with van der Waals surface area (Å²) in [7, 11) is 0. The Hall–Kier alpha value is -3.94. The van der Waals surface area contributed by atoms with Crippen molar-refractivity contribution >= 4 is 17.8 Å². The van der Waals surface area contributed by atoms with Crippen molar-refractivity contribution in [2.75, 3.05) is 13.1 Å². The maximum absolute atomic E-state index is 13.2. The van der Waals surface area contributed by atoms with Crippen LogP contribution in [0.4, 0.5) is 4.79 Å². The standard InChI is InChI=1S/C28H31N5O3/c1-18(2)28(26(35)30-27(36)31-28)23-8-6-21(7-9-23)25(34)32-14-12-20(13-15-32)22-16-29-33(17-22)24-10-4-19(3)5-11-24/h4-11,16-18,20H,12-15H2,1-3H3,(H2,30,31,35,36). The molecule has 0 aliphatic carbocycles. The summed E-state index contributed by atoms with van der Waals surface area (Å²) < 4.78 is 1.91. The molecule has 8 nitrogen and oxygen atoms in total. The molecule has 36 heavy (non-hydrogen) atoms. The Kier molecular flexibility index (Phi) is 6.12. The highest BCUT2D eigenvalue weighted by Crippen LogP contribution is 2.33. The van der Waals surface area contributed by atoms with Crippen molar-refractivity contribution in [3.8, 4) is 5.69 Å². The van der Waals surface area contributed by atoms with Crippen molar-refractivity contribution in [1.29, 1.82) is 0 Å². The summed E-state index contributed by atoms with van der Waals surface area (Å²) in [4.78, 5) is 39.5. The van der Waals surface area contributed by atoms with Gasteiger partial charge in [0.2, 0.25) is 0 Å². The van der Waals surface area contributed by atoms with Gasteiger partial charge in [-0.1, -0.05) is 43.7 Å². The van der Waals surface area contributed by atoms with Crippen LogP contribution in [-0.4, -0.2) is 45.6 Å². The zero-order valence-corrected chi connectivity index (χ0v) is 20.8. The number of likely N-dealkylation sites (tertiary alicyclic amines) is 1. The van der Waals surface area contributed by atoms with Gasteiger partial charge in [-0.2, -0.15) is 5.10 Å². The first kappa shape index (κ1) is 23.8. The number of piperidine rings is 1. The summed E-state index contributed by atoms with van der Waals surface area (Å²) in [5, 5.41) is 9.66. The van der Waals surface area contributed by atoms with E-state index in [2.05, 4.69) is 53.1 Å². The molecular formula is C28H31N5O3. The number of imide groups is 1. The van der Waals surface area contributed by atoms with Crippen molar-refractivity contribution < 1.29 is 14.4 Å². The van der Waals surface area contributed by atoms with Crippen LogP contribution in [0.25, 0.3) is 5.69 Å². The molecule has 1 unspecified atom stereocenters. The van der Waals surface area contributed by atoms with E-state index in [0.29, 0.717) is 30.1 Å². The highest BCUT2D eigenvalue weighted by molar-refractivity contribution is 6.07. The van der Waals surface area contributed by atoms with Crippen LogP contribution in [-0.2, 0) is 10.3 Å². The Morgan fingerprint density at radius 1 is 1.03 bits per heavy atom. The van der Waals surface area contributed by atoms with E-state index in [1.54, 1.807) is 24.3 Å². The number of nitrogens with one attached hydrogen (secondary N) is 2. The Labute approximate surface area is 210 Å². The van der Waals surface area contributed by atoms with Gasteiger partial charge < -0.3 is 10.2 Å². The minimum Gasteiger partial charge on any atom is -0.339 e. The van der Waals surface area contributed by atoms with Gasteiger partial charge in [-0.05, 0) is 67.0 Å². The average molecular weight is 486 g/mol. The van der Waals surface area contributed by atoms with Crippen LogP contribution in [0.1, 0.15) is 59.7 Å². The minimum atomic E-state index is -1.12. The Morgan fingerprint density at radius 2 is 1.69 bits per heavy atom. The second-order valence-corrected chi connectivity index (χ2v) is 10.1. The lowest BCUT2D eigenvalue weighted by Crippen LogP contribution is -2.48. The maximum atomic E-state index is 13.2. The number of rotatable bonds is 5. The molecule has 2 aromatic carbocycles. The van der Waals surface area contributed by atoms with Crippen LogP contribution in [0.3, 0.4) is 0 Å². The predicted octanol–water partition coefficient (Wildman–Crippen LogP) is 3.89.